The van der Waals surface area contributed by atoms with Gasteiger partial charge >= 0.3 is 0 Å². The third-order valence-electron chi connectivity index (χ3n) is 4.00. The first-order chi connectivity index (χ1) is 13.6. The van der Waals surface area contributed by atoms with E-state index < -0.39 is 16.9 Å². The van der Waals surface area contributed by atoms with E-state index in [1.54, 1.807) is 6.07 Å². The molecule has 0 saturated carbocycles. The Balaban J connectivity index is 2.23. The minimum Gasteiger partial charge on any atom is -0.494 e. The van der Waals surface area contributed by atoms with Crippen LogP contribution in [0.2, 0.25) is 0 Å². The Labute approximate surface area is 175 Å². The Morgan fingerprint density at radius 2 is 2.03 bits per heavy atom. The van der Waals surface area contributed by atoms with Crippen molar-refractivity contribution in [2.75, 3.05) is 7.11 Å². The molecule has 1 aromatic carbocycles. The Bertz CT molecular complexity index is 1150. The number of rotatable bonds is 4. The molecule has 2 heterocycles. The third-order valence-corrected chi connectivity index (χ3v) is 4.44. The van der Waals surface area contributed by atoms with E-state index in [9.17, 15) is 14.0 Å². The number of hydrogen-bond donors (Lipinski definition) is 1. The van der Waals surface area contributed by atoms with Gasteiger partial charge in [0.05, 0.1) is 12.5 Å². The van der Waals surface area contributed by atoms with E-state index in [2.05, 4.69) is 31.2 Å². The molecule has 1 N–H and O–H groups in total. The molecule has 7 nitrogen and oxygen atoms in total. The number of methoxy groups -OCH3 is 1. The Hall–Kier alpha value is -2.81. The maximum absolute atomic E-state index is 13.9. The van der Waals surface area contributed by atoms with Gasteiger partial charge in [-0.15, -0.1) is 0 Å². The summed E-state index contributed by atoms with van der Waals surface area (Å²) >= 11 is 3.30. The van der Waals surface area contributed by atoms with Gasteiger partial charge in [0.25, 0.3) is 5.56 Å². The molecular formula is C20H20BrFN4O3. The van der Waals surface area contributed by atoms with E-state index in [0.717, 1.165) is 0 Å². The minimum atomic E-state index is -0.543. The first kappa shape index (κ1) is 20.9. The van der Waals surface area contributed by atoms with Crippen LogP contribution in [0.4, 0.5) is 4.39 Å². The summed E-state index contributed by atoms with van der Waals surface area (Å²) in [7, 11) is 1.35. The number of ether oxygens (including phenoxy) is 1. The Morgan fingerprint density at radius 1 is 1.31 bits per heavy atom. The molecule has 2 aromatic heterocycles. The average Bonchev–Trinajstić information content (AvgIpc) is 2.63. The molecular weight excluding hydrogens is 443 g/mol. The number of aromatic nitrogens is 3. The molecule has 0 aliphatic rings. The molecule has 9 heteroatoms. The molecule has 0 saturated heterocycles. The summed E-state index contributed by atoms with van der Waals surface area (Å²) in [5, 5.41) is 3.09. The summed E-state index contributed by atoms with van der Waals surface area (Å²) in [5.74, 6) is -0.691. The highest BCUT2D eigenvalue weighted by Crippen LogP contribution is 2.26. The lowest BCUT2D eigenvalue weighted by molar-refractivity contribution is -0.123. The van der Waals surface area contributed by atoms with Gasteiger partial charge in [-0.3, -0.25) is 14.2 Å². The number of nitrogens with one attached hydrogen (secondary N) is 1. The van der Waals surface area contributed by atoms with Crippen LogP contribution < -0.4 is 15.6 Å². The minimum absolute atomic E-state index is 0.00584. The fraction of sp³-hybridized carbons (Fsp3) is 0.300. The monoisotopic (exact) mass is 462 g/mol. The van der Waals surface area contributed by atoms with Crippen LogP contribution in [0.1, 0.15) is 20.8 Å². The second kappa shape index (κ2) is 7.90. The van der Waals surface area contributed by atoms with Gasteiger partial charge in [-0.25, -0.2) is 14.4 Å². The highest BCUT2D eigenvalue weighted by atomic mass is 79.9. The normalized spacial score (nSPS) is 11.5. The molecule has 29 heavy (non-hydrogen) atoms. The van der Waals surface area contributed by atoms with Crippen LogP contribution in [-0.2, 0) is 11.3 Å². The molecule has 0 aliphatic heterocycles. The lowest BCUT2D eigenvalue weighted by Crippen LogP contribution is -2.43. The molecule has 0 aliphatic carbocycles. The molecule has 3 rings (SSSR count). The summed E-state index contributed by atoms with van der Waals surface area (Å²) in [6.45, 7) is 5.29. The Kier molecular flexibility index (Phi) is 5.70. The van der Waals surface area contributed by atoms with Crippen LogP contribution in [0.5, 0.6) is 5.75 Å². The van der Waals surface area contributed by atoms with Gasteiger partial charge in [0, 0.05) is 21.8 Å². The van der Waals surface area contributed by atoms with Crippen molar-refractivity contribution in [3.63, 3.8) is 0 Å². The number of nitrogens with zero attached hydrogens (tertiary/aromatic N) is 3. The summed E-state index contributed by atoms with van der Waals surface area (Å²) in [4.78, 5) is 34.4. The molecule has 152 valence electrons. The molecule has 0 bridgehead atoms. The lowest BCUT2D eigenvalue weighted by atomic mass is 10.1. The number of carbonyl (C=O) groups is 1. The second-order valence-corrected chi connectivity index (χ2v) is 8.41. The van der Waals surface area contributed by atoms with E-state index in [0.29, 0.717) is 10.0 Å². The zero-order valence-electron chi connectivity index (χ0n) is 16.4. The van der Waals surface area contributed by atoms with Crippen LogP contribution in [0.25, 0.3) is 22.4 Å². The molecule has 0 spiro atoms. The quantitative estimate of drug-likeness (QED) is 0.642. The fourth-order valence-electron chi connectivity index (χ4n) is 2.85. The van der Waals surface area contributed by atoms with Crippen molar-refractivity contribution in [1.82, 2.24) is 19.9 Å². The van der Waals surface area contributed by atoms with Gasteiger partial charge < -0.3 is 10.1 Å². The van der Waals surface area contributed by atoms with Crippen LogP contribution >= 0.6 is 15.9 Å². The fourth-order valence-corrected chi connectivity index (χ4v) is 3.18. The van der Waals surface area contributed by atoms with Gasteiger partial charge in [-0.2, -0.15) is 0 Å². The summed E-state index contributed by atoms with van der Waals surface area (Å²) < 4.78 is 20.8. The Morgan fingerprint density at radius 3 is 2.69 bits per heavy atom. The maximum Gasteiger partial charge on any atom is 0.263 e. The molecule has 1 amide bonds. The van der Waals surface area contributed by atoms with E-state index in [4.69, 9.17) is 4.74 Å². The largest absolute Gasteiger partial charge is 0.494 e. The predicted octanol–water partition coefficient (Wildman–Crippen LogP) is 3.28. The van der Waals surface area contributed by atoms with Crippen molar-refractivity contribution in [2.45, 2.75) is 32.9 Å². The first-order valence-electron chi connectivity index (χ1n) is 8.80. The zero-order chi connectivity index (χ0) is 21.3. The van der Waals surface area contributed by atoms with Crippen molar-refractivity contribution < 1.29 is 13.9 Å². The van der Waals surface area contributed by atoms with Crippen LogP contribution in [0, 0.1) is 5.82 Å². The SMILES string of the molecule is COc1cc(-c2nc3ncc(Br)cc3c(=O)n2CC(=O)NC(C)(C)C)ccc1F. The van der Waals surface area contributed by atoms with Gasteiger partial charge in [-0.1, -0.05) is 0 Å². The number of hydrogen-bond acceptors (Lipinski definition) is 5. The lowest BCUT2D eigenvalue weighted by Gasteiger charge is -2.21. The number of fused-ring (bicyclic) bond motifs is 1. The highest BCUT2D eigenvalue weighted by Gasteiger charge is 2.20. The van der Waals surface area contributed by atoms with Crippen molar-refractivity contribution >= 4 is 32.9 Å². The molecule has 0 fully saturated rings. The number of pyridine rings is 1. The molecule has 0 atom stereocenters. The smallest absolute Gasteiger partial charge is 0.263 e. The average molecular weight is 463 g/mol. The van der Waals surface area contributed by atoms with Crippen LogP contribution in [0.3, 0.4) is 0 Å². The topological polar surface area (TPSA) is 86.1 Å². The van der Waals surface area contributed by atoms with E-state index in [1.165, 1.54) is 36.1 Å². The number of benzene rings is 1. The van der Waals surface area contributed by atoms with Crippen molar-refractivity contribution in [3.8, 4) is 17.1 Å². The second-order valence-electron chi connectivity index (χ2n) is 7.50. The van der Waals surface area contributed by atoms with Crippen molar-refractivity contribution in [1.29, 1.82) is 0 Å². The van der Waals surface area contributed by atoms with Crippen LogP contribution in [-0.4, -0.2) is 33.1 Å². The van der Waals surface area contributed by atoms with Crippen molar-refractivity contribution in [3.05, 3.63) is 51.1 Å². The van der Waals surface area contributed by atoms with E-state index in [1.807, 2.05) is 20.8 Å². The first-order valence-corrected chi connectivity index (χ1v) is 9.59. The van der Waals surface area contributed by atoms with Gasteiger partial charge in [-0.05, 0) is 61.0 Å². The maximum atomic E-state index is 13.9. The van der Waals surface area contributed by atoms with Gasteiger partial charge in [0.1, 0.15) is 12.4 Å². The summed E-state index contributed by atoms with van der Waals surface area (Å²) in [5.41, 5.74) is -0.236. The van der Waals surface area contributed by atoms with E-state index >= 15 is 0 Å². The molecule has 0 radical (unpaired) electrons. The number of carbonyl (C=O) groups excluding carboxylic acids is 1. The summed E-state index contributed by atoms with van der Waals surface area (Å²) in [6, 6.07) is 5.73. The highest BCUT2D eigenvalue weighted by molar-refractivity contribution is 9.10. The number of amides is 1. The van der Waals surface area contributed by atoms with E-state index in [-0.39, 0.29) is 35.1 Å². The summed E-state index contributed by atoms with van der Waals surface area (Å²) in [6.07, 6.45) is 1.53. The molecule has 0 unspecified atom stereocenters. The molecule has 3 aromatic rings. The zero-order valence-corrected chi connectivity index (χ0v) is 18.0. The van der Waals surface area contributed by atoms with Gasteiger partial charge in [0.2, 0.25) is 5.91 Å². The third kappa shape index (κ3) is 4.61. The predicted molar refractivity (Wildman–Crippen MR) is 111 cm³/mol. The standard InChI is InChI=1S/C20H20BrFN4O3/c1-20(2,3)25-16(27)10-26-18(11-5-6-14(22)15(7-11)29-4)24-17-13(19(26)28)8-12(21)9-23-17/h5-9H,10H2,1-4H3,(H,25,27). The van der Waals surface area contributed by atoms with Gasteiger partial charge in [0.15, 0.2) is 17.2 Å². The van der Waals surface area contributed by atoms with Crippen LogP contribution in [0.15, 0.2) is 39.7 Å². The van der Waals surface area contributed by atoms with Crippen molar-refractivity contribution in [2.24, 2.45) is 0 Å². The number of halogens is 2.